The zero-order chi connectivity index (χ0) is 8.91. The summed E-state index contributed by atoms with van der Waals surface area (Å²) < 4.78 is 10.8. The first kappa shape index (κ1) is 11.4. The molecule has 0 rings (SSSR count). The van der Waals surface area contributed by atoms with Gasteiger partial charge in [-0.25, -0.2) is 0 Å². The number of hydrogen-bond donors (Lipinski definition) is 0. The molecule has 0 spiro atoms. The van der Waals surface area contributed by atoms with Gasteiger partial charge in [0.15, 0.2) is 0 Å². The minimum atomic E-state index is -0.303. The number of rotatable bonds is 5. The van der Waals surface area contributed by atoms with Crippen molar-refractivity contribution in [1.29, 1.82) is 0 Å². The highest BCUT2D eigenvalue weighted by Gasteiger charge is 2.20. The average molecular weight is 178 g/mol. The smallest absolute Gasteiger partial charge is 0.0686 e. The molecule has 0 heterocycles. The number of ether oxygens (including phenoxy) is 1. The highest BCUT2D eigenvalue weighted by Crippen LogP contribution is 2.35. The summed E-state index contributed by atoms with van der Waals surface area (Å²) in [6, 6.07) is 0. The Labute approximate surface area is 71.1 Å². The van der Waals surface area contributed by atoms with E-state index in [0.29, 0.717) is 0 Å². The third-order valence-electron chi connectivity index (χ3n) is 1.45. The predicted octanol–water partition coefficient (Wildman–Crippen LogP) is 2.47. The standard InChI is InChI=1S/C8H19O2P/c1-6-10-8(2,3)7-11(5)9-4/h6-7H2,1-5H3. The topological polar surface area (TPSA) is 18.5 Å². The zero-order valence-electron chi connectivity index (χ0n) is 8.18. The van der Waals surface area contributed by atoms with E-state index in [1.165, 1.54) is 0 Å². The first-order chi connectivity index (χ1) is 5.02. The molecule has 3 heteroatoms. The van der Waals surface area contributed by atoms with Crippen molar-refractivity contribution in [2.24, 2.45) is 0 Å². The second kappa shape index (κ2) is 5.08. The van der Waals surface area contributed by atoms with Crippen LogP contribution in [-0.2, 0) is 9.26 Å². The van der Waals surface area contributed by atoms with Gasteiger partial charge in [0.05, 0.1) is 5.60 Å². The third kappa shape index (κ3) is 5.60. The lowest BCUT2D eigenvalue weighted by molar-refractivity contribution is 0.00736. The molecular formula is C8H19O2P. The lowest BCUT2D eigenvalue weighted by Gasteiger charge is -2.26. The largest absolute Gasteiger partial charge is 0.375 e. The van der Waals surface area contributed by atoms with Crippen LogP contribution in [-0.4, -0.2) is 32.1 Å². The fourth-order valence-corrected chi connectivity index (χ4v) is 2.33. The van der Waals surface area contributed by atoms with Crippen LogP contribution >= 0.6 is 8.15 Å². The predicted molar refractivity (Wildman–Crippen MR) is 50.4 cm³/mol. The van der Waals surface area contributed by atoms with E-state index in [4.69, 9.17) is 9.26 Å². The van der Waals surface area contributed by atoms with Crippen molar-refractivity contribution >= 4 is 8.15 Å². The van der Waals surface area contributed by atoms with Crippen molar-refractivity contribution in [2.75, 3.05) is 26.5 Å². The molecule has 11 heavy (non-hydrogen) atoms. The molecule has 0 aromatic carbocycles. The highest BCUT2D eigenvalue weighted by atomic mass is 31.1. The summed E-state index contributed by atoms with van der Waals surface area (Å²) in [6.45, 7) is 9.13. The average Bonchev–Trinajstić information content (AvgIpc) is 1.86. The fraction of sp³-hybridized carbons (Fsp3) is 1.00. The molecule has 0 saturated carbocycles. The quantitative estimate of drug-likeness (QED) is 0.602. The first-order valence-corrected chi connectivity index (χ1v) is 5.80. The molecule has 0 N–H and O–H groups in total. The maximum Gasteiger partial charge on any atom is 0.0686 e. The van der Waals surface area contributed by atoms with Crippen LogP contribution in [0.25, 0.3) is 0 Å². The lowest BCUT2D eigenvalue weighted by atomic mass is 10.2. The van der Waals surface area contributed by atoms with Gasteiger partial charge in [-0.1, -0.05) is 0 Å². The van der Waals surface area contributed by atoms with E-state index >= 15 is 0 Å². The summed E-state index contributed by atoms with van der Waals surface area (Å²) in [5.41, 5.74) is -0.0226. The van der Waals surface area contributed by atoms with Crippen LogP contribution in [0.1, 0.15) is 20.8 Å². The van der Waals surface area contributed by atoms with E-state index in [0.717, 1.165) is 12.8 Å². The summed E-state index contributed by atoms with van der Waals surface area (Å²) in [7, 11) is 1.45. The van der Waals surface area contributed by atoms with Gasteiger partial charge < -0.3 is 9.26 Å². The Balaban J connectivity index is 3.70. The van der Waals surface area contributed by atoms with Gasteiger partial charge in [-0.2, -0.15) is 0 Å². The maximum atomic E-state index is 5.54. The van der Waals surface area contributed by atoms with Crippen molar-refractivity contribution in [3.63, 3.8) is 0 Å². The van der Waals surface area contributed by atoms with Crippen LogP contribution in [0.2, 0.25) is 0 Å². The summed E-state index contributed by atoms with van der Waals surface area (Å²) in [4.78, 5) is 0. The zero-order valence-corrected chi connectivity index (χ0v) is 9.07. The SMILES string of the molecule is CCOC(C)(C)CP(C)OC. The Morgan fingerprint density at radius 2 is 1.91 bits per heavy atom. The van der Waals surface area contributed by atoms with E-state index < -0.39 is 0 Å². The molecule has 0 aliphatic heterocycles. The maximum absolute atomic E-state index is 5.54. The molecule has 1 unspecified atom stereocenters. The van der Waals surface area contributed by atoms with Gasteiger partial charge in [0.1, 0.15) is 0 Å². The molecule has 68 valence electrons. The Bertz CT molecular complexity index is 104. The van der Waals surface area contributed by atoms with Crippen molar-refractivity contribution in [1.82, 2.24) is 0 Å². The Kier molecular flexibility index (Phi) is 5.24. The minimum absolute atomic E-state index is 0.0226. The summed E-state index contributed by atoms with van der Waals surface area (Å²) >= 11 is 0. The summed E-state index contributed by atoms with van der Waals surface area (Å²) in [6.07, 6.45) is 1.01. The molecule has 0 amide bonds. The van der Waals surface area contributed by atoms with Gasteiger partial charge >= 0.3 is 0 Å². The third-order valence-corrected chi connectivity index (χ3v) is 3.28. The van der Waals surface area contributed by atoms with Crippen LogP contribution in [0.5, 0.6) is 0 Å². The molecular weight excluding hydrogens is 159 g/mol. The van der Waals surface area contributed by atoms with E-state index in [2.05, 4.69) is 20.5 Å². The van der Waals surface area contributed by atoms with E-state index in [9.17, 15) is 0 Å². The second-order valence-electron chi connectivity index (χ2n) is 3.16. The van der Waals surface area contributed by atoms with E-state index in [1.54, 1.807) is 7.11 Å². The van der Waals surface area contributed by atoms with E-state index in [-0.39, 0.29) is 13.7 Å². The van der Waals surface area contributed by atoms with Crippen LogP contribution < -0.4 is 0 Å². The van der Waals surface area contributed by atoms with Crippen molar-refractivity contribution < 1.29 is 9.26 Å². The molecule has 0 radical (unpaired) electrons. The summed E-state index contributed by atoms with van der Waals surface area (Å²) in [5, 5.41) is 0. The molecule has 1 atom stereocenters. The van der Waals surface area contributed by atoms with Gasteiger partial charge in [-0.3, -0.25) is 0 Å². The van der Waals surface area contributed by atoms with Gasteiger partial charge in [0, 0.05) is 28.0 Å². The van der Waals surface area contributed by atoms with Gasteiger partial charge in [-0.05, 0) is 27.4 Å². The van der Waals surface area contributed by atoms with Crippen LogP contribution in [0.3, 0.4) is 0 Å². The monoisotopic (exact) mass is 178 g/mol. The highest BCUT2D eigenvalue weighted by molar-refractivity contribution is 7.51. The van der Waals surface area contributed by atoms with Crippen LogP contribution in [0.15, 0.2) is 0 Å². The van der Waals surface area contributed by atoms with Gasteiger partial charge in [0.2, 0.25) is 0 Å². The summed E-state index contributed by atoms with van der Waals surface area (Å²) in [5.74, 6) is 0. The molecule has 0 aromatic rings. The molecule has 0 aliphatic carbocycles. The fourth-order valence-electron chi connectivity index (χ4n) is 1.04. The van der Waals surface area contributed by atoms with Crippen LogP contribution in [0, 0.1) is 0 Å². The molecule has 0 aliphatic rings. The first-order valence-electron chi connectivity index (χ1n) is 3.91. The Morgan fingerprint density at radius 3 is 2.27 bits per heavy atom. The van der Waals surface area contributed by atoms with E-state index in [1.807, 2.05) is 6.92 Å². The lowest BCUT2D eigenvalue weighted by Crippen LogP contribution is -2.28. The molecule has 0 fully saturated rings. The normalized spacial score (nSPS) is 15.0. The Hall–Kier alpha value is 0.350. The molecule has 0 aromatic heterocycles. The van der Waals surface area contributed by atoms with Gasteiger partial charge in [0.25, 0.3) is 0 Å². The van der Waals surface area contributed by atoms with Crippen molar-refractivity contribution in [3.8, 4) is 0 Å². The minimum Gasteiger partial charge on any atom is -0.375 e. The second-order valence-corrected chi connectivity index (χ2v) is 5.10. The molecule has 0 saturated heterocycles. The molecule has 2 nitrogen and oxygen atoms in total. The Morgan fingerprint density at radius 1 is 1.36 bits per heavy atom. The van der Waals surface area contributed by atoms with Crippen molar-refractivity contribution in [2.45, 2.75) is 26.4 Å². The number of hydrogen-bond acceptors (Lipinski definition) is 2. The van der Waals surface area contributed by atoms with Crippen LogP contribution in [0.4, 0.5) is 0 Å². The van der Waals surface area contributed by atoms with Crippen molar-refractivity contribution in [3.05, 3.63) is 0 Å². The molecule has 0 bridgehead atoms. The van der Waals surface area contributed by atoms with Gasteiger partial charge in [-0.15, -0.1) is 0 Å².